The molecule has 0 unspecified atom stereocenters. The van der Waals surface area contributed by atoms with E-state index in [1.807, 2.05) is 0 Å². The zero-order chi connectivity index (χ0) is 23.0. The van der Waals surface area contributed by atoms with Gasteiger partial charge in [0.25, 0.3) is 0 Å². The van der Waals surface area contributed by atoms with E-state index >= 15 is 0 Å². The summed E-state index contributed by atoms with van der Waals surface area (Å²) in [6.45, 7) is 0.760. The average molecular weight is 458 g/mol. The summed E-state index contributed by atoms with van der Waals surface area (Å²) in [5.41, 5.74) is 0. The van der Waals surface area contributed by atoms with Crippen molar-refractivity contribution < 1.29 is 53.3 Å². The largest absolute Gasteiger partial charge is 0.387 e. The molecular formula is C20H36F2O9. The first-order chi connectivity index (χ1) is 14.8. The van der Waals surface area contributed by atoms with Gasteiger partial charge in [0, 0.05) is 6.61 Å². The second kappa shape index (κ2) is 13.3. The molecule has 10 atom stereocenters. The monoisotopic (exact) mass is 458 g/mol. The molecule has 0 aromatic carbocycles. The molecular weight excluding hydrogens is 422 g/mol. The first-order valence-corrected chi connectivity index (χ1v) is 11.0. The van der Waals surface area contributed by atoms with Crippen LogP contribution in [0.5, 0.6) is 0 Å². The molecule has 2 rings (SSSR count). The summed E-state index contributed by atoms with van der Waals surface area (Å²) in [5.74, 6) is 0. The van der Waals surface area contributed by atoms with Gasteiger partial charge in [-0.3, -0.25) is 0 Å². The van der Waals surface area contributed by atoms with Gasteiger partial charge in [0.2, 0.25) is 0 Å². The number of alkyl halides is 2. The van der Waals surface area contributed by atoms with Crippen LogP contribution in [-0.4, -0.2) is 107 Å². The molecule has 2 saturated heterocycles. The lowest BCUT2D eigenvalue weighted by Gasteiger charge is -2.42. The molecule has 0 aromatic heterocycles. The molecule has 2 fully saturated rings. The van der Waals surface area contributed by atoms with E-state index in [9.17, 15) is 34.3 Å². The topological polar surface area (TPSA) is 138 Å². The van der Waals surface area contributed by atoms with E-state index in [4.69, 9.17) is 18.9 Å². The Bertz CT molecular complexity index is 501. The number of ether oxygens (including phenoxy) is 4. The van der Waals surface area contributed by atoms with Crippen LogP contribution in [0.3, 0.4) is 0 Å². The average Bonchev–Trinajstić information content (AvgIpc) is 2.77. The predicted octanol–water partition coefficient (Wildman–Crippen LogP) is -0.0580. The second-order valence-electron chi connectivity index (χ2n) is 8.11. The van der Waals surface area contributed by atoms with Crippen molar-refractivity contribution in [2.24, 2.45) is 0 Å². The Kier molecular flexibility index (Phi) is 11.4. The summed E-state index contributed by atoms with van der Waals surface area (Å²) >= 11 is 0. The molecule has 0 aliphatic carbocycles. The molecule has 2 aliphatic rings. The molecule has 0 radical (unpaired) electrons. The van der Waals surface area contributed by atoms with E-state index in [0.29, 0.717) is 0 Å². The third-order valence-electron chi connectivity index (χ3n) is 5.65. The van der Waals surface area contributed by atoms with Crippen LogP contribution in [0.25, 0.3) is 0 Å². The molecule has 184 valence electrons. The van der Waals surface area contributed by atoms with E-state index in [0.717, 1.165) is 32.1 Å². The molecule has 0 saturated carbocycles. The van der Waals surface area contributed by atoms with Gasteiger partial charge in [0.1, 0.15) is 49.4 Å². The first-order valence-electron chi connectivity index (χ1n) is 11.0. The molecule has 0 aromatic rings. The fourth-order valence-corrected chi connectivity index (χ4v) is 3.62. The smallest absolute Gasteiger partial charge is 0.192 e. The zero-order valence-electron chi connectivity index (χ0n) is 17.8. The van der Waals surface area contributed by atoms with Gasteiger partial charge < -0.3 is 44.5 Å². The van der Waals surface area contributed by atoms with E-state index in [2.05, 4.69) is 6.92 Å². The van der Waals surface area contributed by atoms with E-state index < -0.39 is 74.8 Å². The molecule has 0 bridgehead atoms. The van der Waals surface area contributed by atoms with Gasteiger partial charge in [0.05, 0.1) is 6.61 Å². The van der Waals surface area contributed by atoms with Crippen LogP contribution in [0.1, 0.15) is 45.4 Å². The number of rotatable bonds is 12. The molecule has 2 aliphatic heterocycles. The Morgan fingerprint density at radius 1 is 0.710 bits per heavy atom. The van der Waals surface area contributed by atoms with Gasteiger partial charge in [-0.25, -0.2) is 8.78 Å². The van der Waals surface area contributed by atoms with Crippen molar-refractivity contribution in [3.63, 3.8) is 0 Å². The van der Waals surface area contributed by atoms with Crippen LogP contribution >= 0.6 is 0 Å². The standard InChI is InChI=1S/C20H36F2O9/c1-2-3-4-5-6-7-8-28-20-18(27)17(26)15(24)12(31-20)10-29-19-13(22)16(25)14(23)11(9-21)30-19/h11-20,23-27H,2-10H2,1H3/t11-,12-,13+,14-,15-,16-,17+,18+,19+,20+/m1/s1. The van der Waals surface area contributed by atoms with Crippen molar-refractivity contribution in [1.29, 1.82) is 0 Å². The number of aliphatic hydroxyl groups excluding tert-OH is 5. The van der Waals surface area contributed by atoms with Crippen LogP contribution in [0.4, 0.5) is 8.78 Å². The summed E-state index contributed by atoms with van der Waals surface area (Å²) in [7, 11) is 0. The molecule has 11 heteroatoms. The lowest BCUT2D eigenvalue weighted by atomic mass is 9.99. The summed E-state index contributed by atoms with van der Waals surface area (Å²) < 4.78 is 48.3. The molecule has 0 amide bonds. The van der Waals surface area contributed by atoms with E-state index in [1.165, 1.54) is 6.42 Å². The van der Waals surface area contributed by atoms with Crippen molar-refractivity contribution in [3.8, 4) is 0 Å². The molecule has 2 heterocycles. The Balaban J connectivity index is 1.83. The van der Waals surface area contributed by atoms with Gasteiger partial charge in [-0.2, -0.15) is 0 Å². The minimum atomic E-state index is -2.16. The van der Waals surface area contributed by atoms with E-state index in [-0.39, 0.29) is 6.61 Å². The molecule has 0 spiro atoms. The van der Waals surface area contributed by atoms with E-state index in [1.54, 1.807) is 0 Å². The summed E-state index contributed by atoms with van der Waals surface area (Å²) in [5, 5.41) is 49.6. The third kappa shape index (κ3) is 7.24. The maximum atomic E-state index is 14.2. The van der Waals surface area contributed by atoms with Crippen LogP contribution in [0, 0.1) is 0 Å². The van der Waals surface area contributed by atoms with Crippen LogP contribution < -0.4 is 0 Å². The number of hydrogen-bond donors (Lipinski definition) is 5. The highest BCUT2D eigenvalue weighted by Gasteiger charge is 2.48. The number of halogens is 2. The molecule has 31 heavy (non-hydrogen) atoms. The highest BCUT2D eigenvalue weighted by atomic mass is 19.1. The Hall–Kier alpha value is -0.500. The predicted molar refractivity (Wildman–Crippen MR) is 104 cm³/mol. The lowest BCUT2D eigenvalue weighted by molar-refractivity contribution is -0.324. The fraction of sp³-hybridized carbons (Fsp3) is 1.00. The zero-order valence-corrected chi connectivity index (χ0v) is 17.8. The van der Waals surface area contributed by atoms with Gasteiger partial charge >= 0.3 is 0 Å². The highest BCUT2D eigenvalue weighted by molar-refractivity contribution is 4.91. The molecule has 9 nitrogen and oxygen atoms in total. The third-order valence-corrected chi connectivity index (χ3v) is 5.65. The second-order valence-corrected chi connectivity index (χ2v) is 8.11. The van der Waals surface area contributed by atoms with Crippen molar-refractivity contribution >= 4 is 0 Å². The Morgan fingerprint density at radius 2 is 1.32 bits per heavy atom. The van der Waals surface area contributed by atoms with Crippen LogP contribution in [0.15, 0.2) is 0 Å². The minimum Gasteiger partial charge on any atom is -0.387 e. The summed E-state index contributed by atoms with van der Waals surface area (Å²) in [6.07, 6.45) is -9.83. The van der Waals surface area contributed by atoms with Gasteiger partial charge in [-0.1, -0.05) is 39.0 Å². The van der Waals surface area contributed by atoms with Gasteiger partial charge in [-0.15, -0.1) is 0 Å². The SMILES string of the molecule is CCCCCCCCO[C@H]1O[C@H](CO[C@H]2O[C@H](CF)[C@@H](O)[C@H](O)[C@@H]2F)[C@@H](O)[C@H](O)[C@@H]1O. The normalized spacial score (nSPS) is 41.4. The van der Waals surface area contributed by atoms with Gasteiger partial charge in [-0.05, 0) is 6.42 Å². The lowest BCUT2D eigenvalue weighted by Crippen LogP contribution is -2.61. The van der Waals surface area contributed by atoms with Crippen molar-refractivity contribution in [2.75, 3.05) is 19.9 Å². The van der Waals surface area contributed by atoms with Crippen molar-refractivity contribution in [1.82, 2.24) is 0 Å². The first kappa shape index (κ1) is 26.7. The number of unbranched alkanes of at least 4 members (excludes halogenated alkanes) is 5. The quantitative estimate of drug-likeness (QED) is 0.255. The number of hydrogen-bond acceptors (Lipinski definition) is 9. The number of aliphatic hydroxyl groups is 5. The Morgan fingerprint density at radius 3 is 2.00 bits per heavy atom. The van der Waals surface area contributed by atoms with Crippen LogP contribution in [0.2, 0.25) is 0 Å². The van der Waals surface area contributed by atoms with Crippen molar-refractivity contribution in [2.45, 2.75) is 107 Å². The summed E-state index contributed by atoms with van der Waals surface area (Å²) in [4.78, 5) is 0. The maximum absolute atomic E-state index is 14.2. The maximum Gasteiger partial charge on any atom is 0.192 e. The Labute approximate surface area is 180 Å². The summed E-state index contributed by atoms with van der Waals surface area (Å²) in [6, 6.07) is 0. The van der Waals surface area contributed by atoms with Gasteiger partial charge in [0.15, 0.2) is 18.8 Å². The van der Waals surface area contributed by atoms with Crippen molar-refractivity contribution in [3.05, 3.63) is 0 Å². The minimum absolute atomic E-state index is 0.283. The highest BCUT2D eigenvalue weighted by Crippen LogP contribution is 2.27. The van der Waals surface area contributed by atoms with Crippen LogP contribution in [-0.2, 0) is 18.9 Å². The fourth-order valence-electron chi connectivity index (χ4n) is 3.62. The molecule has 5 N–H and O–H groups in total.